The van der Waals surface area contributed by atoms with Crippen molar-refractivity contribution in [2.24, 2.45) is 11.7 Å². The van der Waals surface area contributed by atoms with Crippen molar-refractivity contribution in [3.05, 3.63) is 0 Å². The molecule has 0 aromatic heterocycles. The molecule has 2 atom stereocenters. The molecular weight excluding hydrogens is 188 g/mol. The standard InChI is InChI=1S/C8H16N2O4/c1-5(4-9)7(12)10-6(2-3-11)8(13)14/h5-6,11H,2-4,9H2,1H3,(H,10,12)(H,13,14)/t5?,6-/m0/s1. The lowest BCUT2D eigenvalue weighted by Gasteiger charge is -2.15. The summed E-state index contributed by atoms with van der Waals surface area (Å²) in [5.74, 6) is -1.99. The fraction of sp³-hybridized carbons (Fsp3) is 0.750. The van der Waals surface area contributed by atoms with Gasteiger partial charge in [0.2, 0.25) is 5.91 Å². The van der Waals surface area contributed by atoms with Crippen LogP contribution >= 0.6 is 0 Å². The van der Waals surface area contributed by atoms with E-state index in [1.165, 1.54) is 0 Å². The molecule has 6 heteroatoms. The van der Waals surface area contributed by atoms with Gasteiger partial charge >= 0.3 is 5.97 Å². The van der Waals surface area contributed by atoms with Gasteiger partial charge in [-0.1, -0.05) is 6.92 Å². The molecule has 0 rings (SSSR count). The van der Waals surface area contributed by atoms with Gasteiger partial charge in [-0.25, -0.2) is 4.79 Å². The highest BCUT2D eigenvalue weighted by Gasteiger charge is 2.21. The van der Waals surface area contributed by atoms with Crippen LogP contribution < -0.4 is 11.1 Å². The van der Waals surface area contributed by atoms with Gasteiger partial charge in [-0.2, -0.15) is 0 Å². The number of nitrogens with two attached hydrogens (primary N) is 1. The second-order valence-corrected chi connectivity index (χ2v) is 3.05. The predicted molar refractivity (Wildman–Crippen MR) is 49.5 cm³/mol. The van der Waals surface area contributed by atoms with Gasteiger partial charge in [-0.05, 0) is 0 Å². The number of rotatable bonds is 6. The van der Waals surface area contributed by atoms with Crippen LogP contribution in [0, 0.1) is 5.92 Å². The summed E-state index contributed by atoms with van der Waals surface area (Å²) in [5, 5.41) is 19.5. The Kier molecular flexibility index (Phi) is 5.82. The van der Waals surface area contributed by atoms with E-state index in [4.69, 9.17) is 15.9 Å². The number of hydrogen-bond donors (Lipinski definition) is 4. The van der Waals surface area contributed by atoms with Crippen LogP contribution in [0.15, 0.2) is 0 Å². The summed E-state index contributed by atoms with van der Waals surface area (Å²) in [6, 6.07) is -1.04. The Morgan fingerprint density at radius 2 is 2.07 bits per heavy atom. The van der Waals surface area contributed by atoms with Crippen molar-refractivity contribution in [3.63, 3.8) is 0 Å². The lowest BCUT2D eigenvalue weighted by atomic mass is 10.1. The summed E-state index contributed by atoms with van der Waals surface area (Å²) < 4.78 is 0. The highest BCUT2D eigenvalue weighted by Crippen LogP contribution is 1.96. The van der Waals surface area contributed by atoms with Crippen LogP contribution in [0.3, 0.4) is 0 Å². The van der Waals surface area contributed by atoms with Gasteiger partial charge in [0.05, 0.1) is 0 Å². The average Bonchev–Trinajstić information content (AvgIpc) is 2.15. The monoisotopic (exact) mass is 204 g/mol. The molecule has 0 heterocycles. The Balaban J connectivity index is 4.15. The number of carboxylic acids is 1. The van der Waals surface area contributed by atoms with E-state index >= 15 is 0 Å². The van der Waals surface area contributed by atoms with Crippen molar-refractivity contribution in [1.29, 1.82) is 0 Å². The Hall–Kier alpha value is -1.14. The van der Waals surface area contributed by atoms with E-state index in [2.05, 4.69) is 5.32 Å². The maximum absolute atomic E-state index is 11.2. The molecule has 0 spiro atoms. The second kappa shape index (κ2) is 6.33. The molecule has 5 N–H and O–H groups in total. The summed E-state index contributed by atoms with van der Waals surface area (Å²) in [6.45, 7) is 1.48. The highest BCUT2D eigenvalue weighted by molar-refractivity contribution is 5.84. The quantitative estimate of drug-likeness (QED) is 0.422. The first-order valence-corrected chi connectivity index (χ1v) is 4.37. The van der Waals surface area contributed by atoms with E-state index in [0.29, 0.717) is 0 Å². The molecule has 0 fully saturated rings. The Morgan fingerprint density at radius 1 is 1.50 bits per heavy atom. The SMILES string of the molecule is CC(CN)C(=O)N[C@@H](CCO)C(=O)O. The topological polar surface area (TPSA) is 113 Å². The zero-order valence-electron chi connectivity index (χ0n) is 8.06. The van der Waals surface area contributed by atoms with E-state index < -0.39 is 23.8 Å². The van der Waals surface area contributed by atoms with Crippen molar-refractivity contribution < 1.29 is 19.8 Å². The van der Waals surface area contributed by atoms with Crippen molar-refractivity contribution in [1.82, 2.24) is 5.32 Å². The highest BCUT2D eigenvalue weighted by atomic mass is 16.4. The summed E-state index contributed by atoms with van der Waals surface area (Å²) in [7, 11) is 0. The normalized spacial score (nSPS) is 14.5. The number of carbonyl (C=O) groups is 2. The smallest absolute Gasteiger partial charge is 0.326 e. The van der Waals surface area contributed by atoms with Crippen molar-refractivity contribution in [2.75, 3.05) is 13.2 Å². The van der Waals surface area contributed by atoms with Gasteiger partial charge in [0.25, 0.3) is 0 Å². The molecule has 0 aliphatic rings. The summed E-state index contributed by atoms with van der Waals surface area (Å²) in [4.78, 5) is 21.8. The first-order chi connectivity index (χ1) is 6.52. The number of aliphatic hydroxyl groups excluding tert-OH is 1. The molecule has 0 saturated carbocycles. The Bertz CT molecular complexity index is 208. The van der Waals surface area contributed by atoms with E-state index in [0.717, 1.165) is 0 Å². The number of aliphatic hydroxyl groups is 1. The van der Waals surface area contributed by atoms with Crippen molar-refractivity contribution in [3.8, 4) is 0 Å². The second-order valence-electron chi connectivity index (χ2n) is 3.05. The Labute approximate surface area is 82.1 Å². The minimum atomic E-state index is -1.16. The maximum Gasteiger partial charge on any atom is 0.326 e. The van der Waals surface area contributed by atoms with Gasteiger partial charge in [0.1, 0.15) is 6.04 Å². The number of amides is 1. The molecule has 0 aliphatic carbocycles. The molecule has 0 radical (unpaired) electrons. The number of aliphatic carboxylic acids is 1. The minimum Gasteiger partial charge on any atom is -0.480 e. The van der Waals surface area contributed by atoms with E-state index in [9.17, 15) is 9.59 Å². The summed E-state index contributed by atoms with van der Waals surface area (Å²) in [5.41, 5.74) is 5.24. The third kappa shape index (κ3) is 4.20. The van der Waals surface area contributed by atoms with Crippen LogP contribution in [0.25, 0.3) is 0 Å². The molecule has 0 aliphatic heterocycles. The summed E-state index contributed by atoms with van der Waals surface area (Å²) in [6.07, 6.45) is -0.00162. The lowest BCUT2D eigenvalue weighted by Crippen LogP contribution is -2.44. The fourth-order valence-corrected chi connectivity index (χ4v) is 0.807. The van der Waals surface area contributed by atoms with Crippen LogP contribution in [-0.4, -0.2) is 41.3 Å². The first kappa shape index (κ1) is 12.9. The van der Waals surface area contributed by atoms with Crippen LogP contribution in [0.2, 0.25) is 0 Å². The molecular formula is C8H16N2O4. The molecule has 1 unspecified atom stereocenters. The van der Waals surface area contributed by atoms with Crippen molar-refractivity contribution >= 4 is 11.9 Å². The number of nitrogens with one attached hydrogen (secondary N) is 1. The van der Waals surface area contributed by atoms with E-state index in [-0.39, 0.29) is 19.6 Å². The molecule has 1 amide bonds. The largest absolute Gasteiger partial charge is 0.480 e. The van der Waals surface area contributed by atoms with Gasteiger partial charge in [-0.15, -0.1) is 0 Å². The number of carboxylic acid groups (broad SMARTS) is 1. The van der Waals surface area contributed by atoms with Gasteiger partial charge in [0.15, 0.2) is 0 Å². The number of hydrogen-bond acceptors (Lipinski definition) is 4. The molecule has 0 aromatic rings. The molecule has 14 heavy (non-hydrogen) atoms. The zero-order valence-corrected chi connectivity index (χ0v) is 8.06. The third-order valence-electron chi connectivity index (χ3n) is 1.83. The van der Waals surface area contributed by atoms with Gasteiger partial charge in [-0.3, -0.25) is 4.79 Å². The van der Waals surface area contributed by atoms with E-state index in [1.54, 1.807) is 6.92 Å². The summed E-state index contributed by atoms with van der Waals surface area (Å²) >= 11 is 0. The first-order valence-electron chi connectivity index (χ1n) is 4.37. The molecule has 82 valence electrons. The lowest BCUT2D eigenvalue weighted by molar-refractivity contribution is -0.142. The predicted octanol–water partition coefficient (Wildman–Crippen LogP) is -1.47. The van der Waals surface area contributed by atoms with Crippen LogP contribution in [0.4, 0.5) is 0 Å². The minimum absolute atomic E-state index is 0.00162. The van der Waals surface area contributed by atoms with Crippen molar-refractivity contribution in [2.45, 2.75) is 19.4 Å². The fourth-order valence-electron chi connectivity index (χ4n) is 0.807. The molecule has 0 aromatic carbocycles. The average molecular weight is 204 g/mol. The molecule has 0 saturated heterocycles. The van der Waals surface area contributed by atoms with E-state index in [1.807, 2.05) is 0 Å². The van der Waals surface area contributed by atoms with Crippen LogP contribution in [0.1, 0.15) is 13.3 Å². The zero-order chi connectivity index (χ0) is 11.1. The van der Waals surface area contributed by atoms with Crippen LogP contribution in [0.5, 0.6) is 0 Å². The molecule has 6 nitrogen and oxygen atoms in total. The maximum atomic E-state index is 11.2. The Morgan fingerprint density at radius 3 is 2.43 bits per heavy atom. The van der Waals surface area contributed by atoms with Crippen LogP contribution in [-0.2, 0) is 9.59 Å². The van der Waals surface area contributed by atoms with Gasteiger partial charge < -0.3 is 21.3 Å². The van der Waals surface area contributed by atoms with Gasteiger partial charge in [0, 0.05) is 25.5 Å². The number of carbonyl (C=O) groups excluding carboxylic acids is 1. The molecule has 0 bridgehead atoms. The third-order valence-corrected chi connectivity index (χ3v) is 1.83.